The van der Waals surface area contributed by atoms with Crippen molar-refractivity contribution in [3.8, 4) is 0 Å². The molecule has 2 N–H and O–H groups in total. The monoisotopic (exact) mass is 188 g/mol. The summed E-state index contributed by atoms with van der Waals surface area (Å²) in [6.07, 6.45) is 4.36. The summed E-state index contributed by atoms with van der Waals surface area (Å²) >= 11 is 0. The molecule has 0 saturated heterocycles. The van der Waals surface area contributed by atoms with Crippen LogP contribution in [0.4, 0.5) is 0 Å². The molecular formula is C11H24O2. The summed E-state index contributed by atoms with van der Waals surface area (Å²) in [5, 5.41) is 19.9. The second-order valence-corrected chi connectivity index (χ2v) is 3.91. The Morgan fingerprint density at radius 2 is 1.46 bits per heavy atom. The summed E-state index contributed by atoms with van der Waals surface area (Å²) in [5.41, 5.74) is -0.834. The zero-order valence-corrected chi connectivity index (χ0v) is 9.21. The first-order valence-electron chi connectivity index (χ1n) is 5.51. The number of aliphatic hydroxyl groups is 2. The Morgan fingerprint density at radius 3 is 1.77 bits per heavy atom. The van der Waals surface area contributed by atoms with Crippen molar-refractivity contribution in [1.82, 2.24) is 0 Å². The molecule has 0 fully saturated rings. The fraction of sp³-hybridized carbons (Fsp3) is 1.00. The third-order valence-corrected chi connectivity index (χ3v) is 2.55. The van der Waals surface area contributed by atoms with Crippen LogP contribution in [-0.2, 0) is 0 Å². The molecular weight excluding hydrogens is 164 g/mol. The second-order valence-electron chi connectivity index (χ2n) is 3.91. The van der Waals surface area contributed by atoms with Gasteiger partial charge in [-0.05, 0) is 19.3 Å². The molecule has 0 aliphatic rings. The van der Waals surface area contributed by atoms with Gasteiger partial charge in [0.1, 0.15) is 0 Å². The van der Waals surface area contributed by atoms with Crippen molar-refractivity contribution in [2.24, 2.45) is 0 Å². The van der Waals surface area contributed by atoms with Crippen LogP contribution in [0.1, 0.15) is 59.3 Å². The number of hydrogen-bond donors (Lipinski definition) is 2. The minimum absolute atomic E-state index is 0.544. The van der Waals surface area contributed by atoms with Gasteiger partial charge in [0.2, 0.25) is 0 Å². The Morgan fingerprint density at radius 1 is 1.00 bits per heavy atom. The second kappa shape index (κ2) is 6.39. The van der Waals surface area contributed by atoms with Crippen LogP contribution < -0.4 is 0 Å². The summed E-state index contributed by atoms with van der Waals surface area (Å²) in [4.78, 5) is 0. The smallest absolute Gasteiger partial charge is 0.0905 e. The van der Waals surface area contributed by atoms with Gasteiger partial charge < -0.3 is 10.2 Å². The van der Waals surface area contributed by atoms with Gasteiger partial charge in [0.15, 0.2) is 0 Å². The van der Waals surface area contributed by atoms with Crippen LogP contribution in [-0.4, -0.2) is 21.9 Å². The lowest BCUT2D eigenvalue weighted by molar-refractivity contribution is -0.0895. The van der Waals surface area contributed by atoms with Crippen molar-refractivity contribution in [2.75, 3.05) is 0 Å². The molecule has 2 nitrogen and oxygen atoms in total. The summed E-state index contributed by atoms with van der Waals surface area (Å²) in [6.45, 7) is 6.11. The minimum Gasteiger partial charge on any atom is -0.390 e. The SMILES string of the molecule is CCCC(O)C(O)(CCC)CCC. The predicted molar refractivity (Wildman–Crippen MR) is 55.7 cm³/mol. The lowest BCUT2D eigenvalue weighted by Gasteiger charge is -2.32. The van der Waals surface area contributed by atoms with E-state index in [4.69, 9.17) is 0 Å². The maximum Gasteiger partial charge on any atom is 0.0905 e. The zero-order valence-electron chi connectivity index (χ0n) is 9.21. The van der Waals surface area contributed by atoms with Crippen LogP contribution in [0.15, 0.2) is 0 Å². The molecule has 2 heteroatoms. The van der Waals surface area contributed by atoms with Gasteiger partial charge in [0.05, 0.1) is 11.7 Å². The Kier molecular flexibility index (Phi) is 6.35. The molecule has 0 heterocycles. The van der Waals surface area contributed by atoms with E-state index in [1.165, 1.54) is 0 Å². The van der Waals surface area contributed by atoms with E-state index in [2.05, 4.69) is 0 Å². The molecule has 13 heavy (non-hydrogen) atoms. The van der Waals surface area contributed by atoms with Crippen molar-refractivity contribution in [3.05, 3.63) is 0 Å². The topological polar surface area (TPSA) is 40.5 Å². The summed E-state index contributed by atoms with van der Waals surface area (Å²) in [6, 6.07) is 0. The molecule has 0 bridgehead atoms. The average Bonchev–Trinajstić information content (AvgIpc) is 2.05. The zero-order chi connectivity index (χ0) is 10.3. The first-order chi connectivity index (χ1) is 6.10. The Bertz CT molecular complexity index is 117. The molecule has 0 aromatic carbocycles. The molecule has 0 aliphatic heterocycles. The maximum atomic E-state index is 10.2. The van der Waals surface area contributed by atoms with Crippen LogP contribution in [0.5, 0.6) is 0 Å². The molecule has 80 valence electrons. The Balaban J connectivity index is 4.18. The summed E-state index contributed by atoms with van der Waals surface area (Å²) in [7, 11) is 0. The molecule has 0 aliphatic carbocycles. The van der Waals surface area contributed by atoms with E-state index < -0.39 is 11.7 Å². The highest BCUT2D eigenvalue weighted by atomic mass is 16.3. The Labute approximate surface area is 82.0 Å². The van der Waals surface area contributed by atoms with Crippen LogP contribution >= 0.6 is 0 Å². The highest BCUT2D eigenvalue weighted by Gasteiger charge is 2.32. The number of aliphatic hydroxyl groups excluding tert-OH is 1. The van der Waals surface area contributed by atoms with Gasteiger partial charge in [-0.3, -0.25) is 0 Å². The predicted octanol–water partition coefficient (Wildman–Crippen LogP) is 2.48. The highest BCUT2D eigenvalue weighted by molar-refractivity contribution is 4.85. The molecule has 0 aromatic rings. The van der Waals surface area contributed by atoms with Crippen molar-refractivity contribution in [3.63, 3.8) is 0 Å². The maximum absolute atomic E-state index is 10.2. The van der Waals surface area contributed by atoms with Crippen LogP contribution in [0.25, 0.3) is 0 Å². The van der Waals surface area contributed by atoms with Crippen molar-refractivity contribution in [2.45, 2.75) is 71.0 Å². The van der Waals surface area contributed by atoms with Gasteiger partial charge in [-0.15, -0.1) is 0 Å². The number of rotatable bonds is 7. The molecule has 0 rings (SSSR count). The molecule has 1 unspecified atom stereocenters. The fourth-order valence-corrected chi connectivity index (χ4v) is 1.87. The molecule has 0 saturated carbocycles. The van der Waals surface area contributed by atoms with Crippen LogP contribution in [0.2, 0.25) is 0 Å². The van der Waals surface area contributed by atoms with Gasteiger partial charge in [0.25, 0.3) is 0 Å². The molecule has 0 amide bonds. The average molecular weight is 188 g/mol. The van der Waals surface area contributed by atoms with Gasteiger partial charge in [0, 0.05) is 0 Å². The van der Waals surface area contributed by atoms with E-state index in [0.717, 1.165) is 19.3 Å². The fourth-order valence-electron chi connectivity index (χ4n) is 1.87. The van der Waals surface area contributed by atoms with E-state index in [-0.39, 0.29) is 0 Å². The third-order valence-electron chi connectivity index (χ3n) is 2.55. The van der Waals surface area contributed by atoms with E-state index in [1.54, 1.807) is 0 Å². The first-order valence-corrected chi connectivity index (χ1v) is 5.51. The normalized spacial score (nSPS) is 14.5. The number of hydrogen-bond acceptors (Lipinski definition) is 2. The third kappa shape index (κ3) is 4.10. The van der Waals surface area contributed by atoms with E-state index in [9.17, 15) is 10.2 Å². The summed E-state index contributed by atoms with van der Waals surface area (Å²) < 4.78 is 0. The van der Waals surface area contributed by atoms with Crippen molar-refractivity contribution < 1.29 is 10.2 Å². The molecule has 0 aromatic heterocycles. The van der Waals surface area contributed by atoms with Gasteiger partial charge in [-0.25, -0.2) is 0 Å². The quantitative estimate of drug-likeness (QED) is 0.644. The van der Waals surface area contributed by atoms with Gasteiger partial charge >= 0.3 is 0 Å². The highest BCUT2D eigenvalue weighted by Crippen LogP contribution is 2.26. The minimum atomic E-state index is -0.834. The standard InChI is InChI=1S/C11H24O2/c1-4-7-10(12)11(13,8-5-2)9-6-3/h10,12-13H,4-9H2,1-3H3. The molecule has 0 spiro atoms. The lowest BCUT2D eigenvalue weighted by atomic mass is 9.85. The van der Waals surface area contributed by atoms with Gasteiger partial charge in [-0.1, -0.05) is 40.0 Å². The van der Waals surface area contributed by atoms with Gasteiger partial charge in [-0.2, -0.15) is 0 Å². The van der Waals surface area contributed by atoms with Crippen molar-refractivity contribution >= 4 is 0 Å². The molecule has 0 radical (unpaired) electrons. The van der Waals surface area contributed by atoms with Crippen molar-refractivity contribution in [1.29, 1.82) is 0 Å². The van der Waals surface area contributed by atoms with E-state index in [0.29, 0.717) is 19.3 Å². The molecule has 1 atom stereocenters. The lowest BCUT2D eigenvalue weighted by Crippen LogP contribution is -2.42. The largest absolute Gasteiger partial charge is 0.390 e. The Hall–Kier alpha value is -0.0800. The van der Waals surface area contributed by atoms with Crippen LogP contribution in [0.3, 0.4) is 0 Å². The van der Waals surface area contributed by atoms with E-state index >= 15 is 0 Å². The van der Waals surface area contributed by atoms with Crippen LogP contribution in [0, 0.1) is 0 Å². The summed E-state index contributed by atoms with van der Waals surface area (Å²) in [5.74, 6) is 0. The van der Waals surface area contributed by atoms with E-state index in [1.807, 2.05) is 20.8 Å². The first kappa shape index (κ1) is 12.9.